The average molecular weight is 408 g/mol. The zero-order valence-corrected chi connectivity index (χ0v) is 16.3. The van der Waals surface area contributed by atoms with Gasteiger partial charge in [-0.1, -0.05) is 19.1 Å². The topological polar surface area (TPSA) is 54.5 Å². The van der Waals surface area contributed by atoms with Crippen molar-refractivity contribution in [3.8, 4) is 0 Å². The van der Waals surface area contributed by atoms with Gasteiger partial charge in [0.2, 0.25) is 5.91 Å². The SMILES string of the molecule is CCS(=O)(=O)CC(C)N(C)C(=O)CCSc1ccccc1Br. The second kappa shape index (κ2) is 8.93. The minimum atomic E-state index is -3.07. The fourth-order valence-corrected chi connectivity index (χ4v) is 4.53. The van der Waals surface area contributed by atoms with E-state index >= 15 is 0 Å². The third-order valence-electron chi connectivity index (χ3n) is 3.40. The molecule has 1 atom stereocenters. The smallest absolute Gasteiger partial charge is 0.223 e. The van der Waals surface area contributed by atoms with E-state index in [2.05, 4.69) is 15.9 Å². The highest BCUT2D eigenvalue weighted by atomic mass is 79.9. The van der Waals surface area contributed by atoms with Gasteiger partial charge in [0.25, 0.3) is 0 Å². The predicted octanol–water partition coefficient (Wildman–Crippen LogP) is 3.21. The lowest BCUT2D eigenvalue weighted by Crippen LogP contribution is -2.39. The van der Waals surface area contributed by atoms with Crippen LogP contribution in [0.15, 0.2) is 33.6 Å². The number of hydrogen-bond acceptors (Lipinski definition) is 4. The number of carbonyl (C=O) groups is 1. The van der Waals surface area contributed by atoms with Gasteiger partial charge >= 0.3 is 0 Å². The van der Waals surface area contributed by atoms with Crippen LogP contribution in [-0.4, -0.2) is 49.6 Å². The maximum Gasteiger partial charge on any atom is 0.223 e. The molecule has 0 N–H and O–H groups in total. The highest BCUT2D eigenvalue weighted by molar-refractivity contribution is 9.10. The van der Waals surface area contributed by atoms with E-state index < -0.39 is 9.84 Å². The number of carbonyl (C=O) groups excluding carboxylic acids is 1. The molecular weight excluding hydrogens is 386 g/mol. The third-order valence-corrected chi connectivity index (χ3v) is 7.30. The van der Waals surface area contributed by atoms with Gasteiger partial charge in [0, 0.05) is 40.4 Å². The Morgan fingerprint density at radius 2 is 2.00 bits per heavy atom. The van der Waals surface area contributed by atoms with Gasteiger partial charge in [-0.25, -0.2) is 8.42 Å². The first-order valence-electron chi connectivity index (χ1n) is 7.10. The normalized spacial score (nSPS) is 12.9. The van der Waals surface area contributed by atoms with Crippen molar-refractivity contribution in [3.05, 3.63) is 28.7 Å². The lowest BCUT2D eigenvalue weighted by Gasteiger charge is -2.24. The molecule has 0 aromatic heterocycles. The lowest BCUT2D eigenvalue weighted by atomic mass is 10.3. The summed E-state index contributed by atoms with van der Waals surface area (Å²) in [4.78, 5) is 14.8. The van der Waals surface area contributed by atoms with Gasteiger partial charge in [-0.05, 0) is 35.0 Å². The van der Waals surface area contributed by atoms with Crippen LogP contribution >= 0.6 is 27.7 Å². The lowest BCUT2D eigenvalue weighted by molar-refractivity contribution is -0.130. The molecule has 1 amide bonds. The highest BCUT2D eigenvalue weighted by Gasteiger charge is 2.21. The molecule has 0 radical (unpaired) electrons. The number of benzene rings is 1. The Hall–Kier alpha value is -0.530. The van der Waals surface area contributed by atoms with E-state index in [1.807, 2.05) is 24.3 Å². The van der Waals surface area contributed by atoms with Crippen molar-refractivity contribution in [2.24, 2.45) is 0 Å². The Balaban J connectivity index is 2.46. The number of sulfone groups is 1. The molecule has 0 saturated carbocycles. The van der Waals surface area contributed by atoms with Crippen molar-refractivity contribution < 1.29 is 13.2 Å². The van der Waals surface area contributed by atoms with Crippen LogP contribution in [0.1, 0.15) is 20.3 Å². The van der Waals surface area contributed by atoms with Crippen molar-refractivity contribution in [1.82, 2.24) is 4.90 Å². The molecule has 0 aliphatic heterocycles. The second-order valence-electron chi connectivity index (χ2n) is 5.08. The summed E-state index contributed by atoms with van der Waals surface area (Å²) in [6.07, 6.45) is 0.388. The fourth-order valence-electron chi connectivity index (χ4n) is 1.83. The molecule has 1 aromatic rings. The van der Waals surface area contributed by atoms with Crippen LogP contribution in [0.3, 0.4) is 0 Å². The molecule has 0 aliphatic rings. The number of rotatable bonds is 8. The Bertz CT molecular complexity index is 605. The summed E-state index contributed by atoms with van der Waals surface area (Å²) in [5, 5.41) is 0. The summed E-state index contributed by atoms with van der Waals surface area (Å²) in [6, 6.07) is 7.57. The maximum absolute atomic E-state index is 12.1. The van der Waals surface area contributed by atoms with Gasteiger partial charge in [0.15, 0.2) is 9.84 Å². The maximum atomic E-state index is 12.1. The summed E-state index contributed by atoms with van der Waals surface area (Å²) in [7, 11) is -1.40. The van der Waals surface area contributed by atoms with Gasteiger partial charge in [-0.3, -0.25) is 4.79 Å². The van der Waals surface area contributed by atoms with Gasteiger partial charge < -0.3 is 4.90 Å². The van der Waals surface area contributed by atoms with E-state index in [0.717, 1.165) is 9.37 Å². The zero-order chi connectivity index (χ0) is 16.8. The van der Waals surface area contributed by atoms with Crippen LogP contribution in [0.5, 0.6) is 0 Å². The van der Waals surface area contributed by atoms with E-state index in [-0.39, 0.29) is 23.5 Å². The van der Waals surface area contributed by atoms with Crippen LogP contribution in [0.4, 0.5) is 0 Å². The molecule has 0 spiro atoms. The van der Waals surface area contributed by atoms with Gasteiger partial charge in [0.1, 0.15) is 0 Å². The summed E-state index contributed by atoms with van der Waals surface area (Å²) in [5.41, 5.74) is 0. The van der Waals surface area contributed by atoms with Gasteiger partial charge in [-0.15, -0.1) is 11.8 Å². The zero-order valence-electron chi connectivity index (χ0n) is 13.1. The fraction of sp³-hybridized carbons (Fsp3) is 0.533. The molecule has 0 aliphatic carbocycles. The molecule has 0 fully saturated rings. The van der Waals surface area contributed by atoms with E-state index in [1.54, 1.807) is 32.7 Å². The Kier molecular flexibility index (Phi) is 7.93. The van der Waals surface area contributed by atoms with Crippen LogP contribution in [0.2, 0.25) is 0 Å². The summed E-state index contributed by atoms with van der Waals surface area (Å²) >= 11 is 5.08. The van der Waals surface area contributed by atoms with Crippen molar-refractivity contribution in [1.29, 1.82) is 0 Å². The molecule has 0 bridgehead atoms. The van der Waals surface area contributed by atoms with E-state index in [1.165, 1.54) is 4.90 Å². The molecular formula is C15H22BrNO3S2. The summed E-state index contributed by atoms with van der Waals surface area (Å²) < 4.78 is 24.3. The molecule has 22 heavy (non-hydrogen) atoms. The number of halogens is 1. The molecule has 124 valence electrons. The molecule has 1 rings (SSSR count). The van der Waals surface area contributed by atoms with Crippen molar-refractivity contribution in [3.63, 3.8) is 0 Å². The Morgan fingerprint density at radius 3 is 2.59 bits per heavy atom. The molecule has 1 aromatic carbocycles. The first-order valence-corrected chi connectivity index (χ1v) is 10.7. The summed E-state index contributed by atoms with van der Waals surface area (Å²) in [6.45, 7) is 3.39. The van der Waals surface area contributed by atoms with Crippen LogP contribution in [0.25, 0.3) is 0 Å². The van der Waals surface area contributed by atoms with E-state index in [0.29, 0.717) is 12.2 Å². The van der Waals surface area contributed by atoms with Crippen molar-refractivity contribution in [2.75, 3.05) is 24.3 Å². The number of amides is 1. The van der Waals surface area contributed by atoms with E-state index in [4.69, 9.17) is 0 Å². The summed E-state index contributed by atoms with van der Waals surface area (Å²) in [5.74, 6) is 0.762. The van der Waals surface area contributed by atoms with Gasteiger partial charge in [0.05, 0.1) is 5.75 Å². The first-order chi connectivity index (χ1) is 10.3. The number of thioether (sulfide) groups is 1. The minimum absolute atomic E-state index is 0.0170. The Labute approximate surface area is 145 Å². The average Bonchev–Trinajstić information content (AvgIpc) is 2.47. The molecule has 0 saturated heterocycles. The van der Waals surface area contributed by atoms with Crippen LogP contribution < -0.4 is 0 Å². The standard InChI is InChI=1S/C15H22BrNO3S2/c1-4-22(19,20)11-12(2)17(3)15(18)9-10-21-14-8-6-5-7-13(14)16/h5-8,12H,4,9-11H2,1-3H3. The quantitative estimate of drug-likeness (QED) is 0.620. The number of hydrogen-bond donors (Lipinski definition) is 0. The third kappa shape index (κ3) is 6.30. The monoisotopic (exact) mass is 407 g/mol. The van der Waals surface area contributed by atoms with Gasteiger partial charge in [-0.2, -0.15) is 0 Å². The van der Waals surface area contributed by atoms with Crippen LogP contribution in [-0.2, 0) is 14.6 Å². The molecule has 0 heterocycles. The predicted molar refractivity (Wildman–Crippen MR) is 96.0 cm³/mol. The van der Waals surface area contributed by atoms with Crippen molar-refractivity contribution in [2.45, 2.75) is 31.2 Å². The van der Waals surface area contributed by atoms with E-state index in [9.17, 15) is 13.2 Å². The largest absolute Gasteiger partial charge is 0.342 e. The second-order valence-corrected chi connectivity index (χ2v) is 9.47. The Morgan fingerprint density at radius 1 is 1.36 bits per heavy atom. The molecule has 1 unspecified atom stereocenters. The number of nitrogens with zero attached hydrogens (tertiary/aromatic N) is 1. The van der Waals surface area contributed by atoms with Crippen LogP contribution in [0, 0.1) is 0 Å². The first kappa shape index (κ1) is 19.5. The highest BCUT2D eigenvalue weighted by Crippen LogP contribution is 2.27. The molecule has 4 nitrogen and oxygen atoms in total. The molecule has 7 heteroatoms. The van der Waals surface area contributed by atoms with Crippen molar-refractivity contribution >= 4 is 43.4 Å². The minimum Gasteiger partial charge on any atom is -0.342 e.